The molecule has 1 aliphatic heterocycles. The molecule has 0 aliphatic carbocycles. The molecule has 0 saturated heterocycles. The van der Waals surface area contributed by atoms with Crippen LogP contribution < -0.4 is 5.43 Å². The molecule has 1 N–H and O–H groups in total. The third-order valence-corrected chi connectivity index (χ3v) is 4.33. The maximum atomic E-state index is 13.0. The number of carbonyl (C=O) groups excluding carboxylic acids is 1. The van der Waals surface area contributed by atoms with Crippen molar-refractivity contribution in [1.29, 1.82) is 0 Å². The number of rotatable bonds is 3. The van der Waals surface area contributed by atoms with Gasteiger partial charge in [-0.15, -0.1) is 0 Å². The van der Waals surface area contributed by atoms with Crippen molar-refractivity contribution in [3.05, 3.63) is 81.7 Å². The third-order valence-electron chi connectivity index (χ3n) is 4.33. The van der Waals surface area contributed by atoms with Crippen molar-refractivity contribution in [1.82, 2.24) is 4.90 Å². The molecule has 4 rings (SSSR count). The first-order valence-electron chi connectivity index (χ1n) is 7.75. The number of β-amino-alcohol motifs (C(OH)–C–C–N with tert-alkyl or cyclic N) is 1. The number of hydrogen-bond acceptors (Lipinski definition) is 4. The summed E-state index contributed by atoms with van der Waals surface area (Å²) in [5.41, 5.74) is 1.36. The van der Waals surface area contributed by atoms with Gasteiger partial charge in [-0.25, -0.2) is 0 Å². The first kappa shape index (κ1) is 14.7. The Morgan fingerprint density at radius 3 is 2.46 bits per heavy atom. The summed E-state index contributed by atoms with van der Waals surface area (Å²) in [5.74, 6) is -0.295. The fourth-order valence-electron chi connectivity index (χ4n) is 3.29. The molecule has 1 aromatic heterocycles. The van der Waals surface area contributed by atoms with Gasteiger partial charge in [-0.05, 0) is 17.7 Å². The highest BCUT2D eigenvalue weighted by Gasteiger charge is 2.42. The van der Waals surface area contributed by atoms with Gasteiger partial charge in [0, 0.05) is 6.54 Å². The Bertz CT molecular complexity index is 978. The molecule has 5 heteroatoms. The van der Waals surface area contributed by atoms with Crippen molar-refractivity contribution in [2.24, 2.45) is 0 Å². The van der Waals surface area contributed by atoms with Gasteiger partial charge >= 0.3 is 0 Å². The summed E-state index contributed by atoms with van der Waals surface area (Å²) < 4.78 is 5.75. The average molecular weight is 321 g/mol. The minimum Gasteiger partial charge on any atom is -0.450 e. The number of benzene rings is 2. The van der Waals surface area contributed by atoms with Crippen LogP contribution >= 0.6 is 0 Å². The second kappa shape index (κ2) is 5.62. The standard InChI is InChI=1S/C19H15NO4/c21-11-10-20-16(12-6-2-1-3-7-12)15-17(22)13-8-4-5-9-14(13)24-18(15)19(20)23/h1-9,16,21H,10-11H2/t16-/m0/s1. The van der Waals surface area contributed by atoms with E-state index >= 15 is 0 Å². The molecule has 0 fully saturated rings. The molecule has 120 valence electrons. The van der Waals surface area contributed by atoms with Crippen LogP contribution in [0.3, 0.4) is 0 Å². The van der Waals surface area contributed by atoms with E-state index in [-0.39, 0.29) is 30.2 Å². The number of fused-ring (bicyclic) bond motifs is 2. The van der Waals surface area contributed by atoms with Crippen molar-refractivity contribution < 1.29 is 14.3 Å². The summed E-state index contributed by atoms with van der Waals surface area (Å²) in [5, 5.41) is 9.80. The van der Waals surface area contributed by atoms with E-state index in [1.54, 1.807) is 24.3 Å². The summed E-state index contributed by atoms with van der Waals surface area (Å²) >= 11 is 0. The monoisotopic (exact) mass is 321 g/mol. The van der Waals surface area contributed by atoms with Gasteiger partial charge in [-0.1, -0.05) is 42.5 Å². The normalized spacial score (nSPS) is 16.6. The lowest BCUT2D eigenvalue weighted by molar-refractivity contribution is 0.0691. The van der Waals surface area contributed by atoms with E-state index in [2.05, 4.69) is 0 Å². The van der Waals surface area contributed by atoms with E-state index in [9.17, 15) is 14.7 Å². The van der Waals surface area contributed by atoms with Crippen LogP contribution in [0.5, 0.6) is 0 Å². The quantitative estimate of drug-likeness (QED) is 0.804. The first-order chi connectivity index (χ1) is 11.7. The first-order valence-corrected chi connectivity index (χ1v) is 7.75. The van der Waals surface area contributed by atoms with Gasteiger partial charge in [-0.2, -0.15) is 0 Å². The zero-order valence-corrected chi connectivity index (χ0v) is 12.8. The predicted octanol–water partition coefficient (Wildman–Crippen LogP) is 2.33. The van der Waals surface area contributed by atoms with Crippen LogP contribution in [0.25, 0.3) is 11.0 Å². The molecule has 0 spiro atoms. The van der Waals surface area contributed by atoms with Crippen LogP contribution in [0.1, 0.15) is 27.7 Å². The molecular weight excluding hydrogens is 306 g/mol. The van der Waals surface area contributed by atoms with Crippen LogP contribution in [0.15, 0.2) is 63.8 Å². The molecule has 0 bridgehead atoms. The molecule has 1 aliphatic rings. The Balaban J connectivity index is 2.02. The number of carbonyl (C=O) groups is 1. The number of amides is 1. The summed E-state index contributed by atoms with van der Waals surface area (Å²) in [6, 6.07) is 15.7. The van der Waals surface area contributed by atoms with Crippen LogP contribution in [0, 0.1) is 0 Å². The molecule has 3 aromatic rings. The number of aliphatic hydroxyl groups excluding tert-OH is 1. The smallest absolute Gasteiger partial charge is 0.290 e. The fourth-order valence-corrected chi connectivity index (χ4v) is 3.29. The second-order valence-electron chi connectivity index (χ2n) is 5.71. The van der Waals surface area contributed by atoms with Gasteiger partial charge in [0.1, 0.15) is 5.58 Å². The maximum Gasteiger partial charge on any atom is 0.290 e. The van der Waals surface area contributed by atoms with Crippen molar-refractivity contribution >= 4 is 16.9 Å². The lowest BCUT2D eigenvalue weighted by Gasteiger charge is -2.24. The van der Waals surface area contributed by atoms with Gasteiger partial charge in [0.2, 0.25) is 5.76 Å². The summed E-state index contributed by atoms with van der Waals surface area (Å²) in [6.45, 7) is -0.0465. The Kier molecular flexibility index (Phi) is 3.43. The van der Waals surface area contributed by atoms with Gasteiger partial charge in [-0.3, -0.25) is 9.59 Å². The van der Waals surface area contributed by atoms with E-state index in [1.165, 1.54) is 4.90 Å². The molecule has 2 aromatic carbocycles. The van der Waals surface area contributed by atoms with E-state index in [4.69, 9.17) is 4.42 Å². The molecule has 0 radical (unpaired) electrons. The summed E-state index contributed by atoms with van der Waals surface area (Å²) in [6.07, 6.45) is 0. The molecular formula is C19H15NO4. The Hall–Kier alpha value is -2.92. The van der Waals surface area contributed by atoms with E-state index in [0.717, 1.165) is 5.56 Å². The highest BCUT2D eigenvalue weighted by atomic mass is 16.3. The molecule has 1 atom stereocenters. The average Bonchev–Trinajstić information content (AvgIpc) is 2.89. The molecule has 0 saturated carbocycles. The van der Waals surface area contributed by atoms with Crippen LogP contribution in [0.4, 0.5) is 0 Å². The van der Waals surface area contributed by atoms with Crippen LogP contribution in [0.2, 0.25) is 0 Å². The topological polar surface area (TPSA) is 70.8 Å². The van der Waals surface area contributed by atoms with Gasteiger partial charge in [0.05, 0.1) is 23.6 Å². The third kappa shape index (κ3) is 2.06. The second-order valence-corrected chi connectivity index (χ2v) is 5.71. The van der Waals surface area contributed by atoms with E-state index in [0.29, 0.717) is 16.5 Å². The molecule has 5 nitrogen and oxygen atoms in total. The van der Waals surface area contributed by atoms with Gasteiger partial charge < -0.3 is 14.4 Å². The highest BCUT2D eigenvalue weighted by Crippen LogP contribution is 2.37. The van der Waals surface area contributed by atoms with Crippen molar-refractivity contribution in [3.8, 4) is 0 Å². The van der Waals surface area contributed by atoms with Gasteiger partial charge in [0.25, 0.3) is 5.91 Å². The molecule has 0 unspecified atom stereocenters. The van der Waals surface area contributed by atoms with Crippen molar-refractivity contribution in [2.45, 2.75) is 6.04 Å². The number of para-hydroxylation sites is 1. The minimum atomic E-state index is -0.540. The molecule has 24 heavy (non-hydrogen) atoms. The summed E-state index contributed by atoms with van der Waals surface area (Å²) in [7, 11) is 0. The van der Waals surface area contributed by atoms with Crippen molar-refractivity contribution in [3.63, 3.8) is 0 Å². The molecule has 2 heterocycles. The summed E-state index contributed by atoms with van der Waals surface area (Å²) in [4.78, 5) is 27.2. The largest absolute Gasteiger partial charge is 0.450 e. The van der Waals surface area contributed by atoms with Crippen LogP contribution in [-0.2, 0) is 0 Å². The Morgan fingerprint density at radius 2 is 1.71 bits per heavy atom. The van der Waals surface area contributed by atoms with Crippen LogP contribution in [-0.4, -0.2) is 29.1 Å². The zero-order valence-electron chi connectivity index (χ0n) is 12.8. The Morgan fingerprint density at radius 1 is 1.00 bits per heavy atom. The number of nitrogens with zero attached hydrogens (tertiary/aromatic N) is 1. The maximum absolute atomic E-state index is 13.0. The Labute approximate surface area is 137 Å². The molecule has 1 amide bonds. The van der Waals surface area contributed by atoms with Crippen molar-refractivity contribution in [2.75, 3.05) is 13.2 Å². The number of hydrogen-bond donors (Lipinski definition) is 1. The predicted molar refractivity (Wildman–Crippen MR) is 88.9 cm³/mol. The fraction of sp³-hybridized carbons (Fsp3) is 0.158. The number of aliphatic hydroxyl groups is 1. The SMILES string of the molecule is O=C1c2oc3ccccc3c(=O)c2[C@H](c2ccccc2)N1CCO. The van der Waals surface area contributed by atoms with E-state index in [1.807, 2.05) is 30.3 Å². The highest BCUT2D eigenvalue weighted by molar-refractivity contribution is 5.99. The van der Waals surface area contributed by atoms with Gasteiger partial charge in [0.15, 0.2) is 5.43 Å². The lowest BCUT2D eigenvalue weighted by atomic mass is 9.98. The lowest BCUT2D eigenvalue weighted by Crippen LogP contribution is -2.32. The minimum absolute atomic E-state index is 0.0704. The van der Waals surface area contributed by atoms with E-state index < -0.39 is 6.04 Å². The zero-order chi connectivity index (χ0) is 16.7.